The van der Waals surface area contributed by atoms with Gasteiger partial charge in [0.25, 0.3) is 5.91 Å². The van der Waals surface area contributed by atoms with Crippen LogP contribution in [0.3, 0.4) is 0 Å². The van der Waals surface area contributed by atoms with Crippen molar-refractivity contribution in [3.63, 3.8) is 0 Å². The predicted molar refractivity (Wildman–Crippen MR) is 96.8 cm³/mol. The number of hydrogen-bond donors (Lipinski definition) is 1. The van der Waals surface area contributed by atoms with Crippen molar-refractivity contribution in [2.45, 2.75) is 26.4 Å². The number of rotatable bonds is 5. The normalized spacial score (nSPS) is 16.6. The molecular formula is C18H21N7O2. The Balaban J connectivity index is 1.46. The molecular weight excluding hydrogens is 346 g/mol. The summed E-state index contributed by atoms with van der Waals surface area (Å²) in [4.78, 5) is 23.0. The summed E-state index contributed by atoms with van der Waals surface area (Å²) in [6, 6.07) is 5.41. The molecule has 0 aliphatic carbocycles. The van der Waals surface area contributed by atoms with Crippen molar-refractivity contribution in [1.29, 1.82) is 0 Å². The Kier molecular flexibility index (Phi) is 4.82. The fourth-order valence-corrected chi connectivity index (χ4v) is 3.28. The largest absolute Gasteiger partial charge is 0.361 e. The minimum absolute atomic E-state index is 0.120. The highest BCUT2D eigenvalue weighted by Gasteiger charge is 2.27. The Labute approximate surface area is 156 Å². The standard InChI is InChI=1S/C18H21N7O2/c1-13-9-16(23-27-13)17(26)24-10-14(11-25-15(12-24)4-8-22-25)3-7-21-18-19-5-2-6-20-18/h2,4-6,8-9,14H,3,7,10-12H2,1H3,(H,19,20,21)/t14-/m1/s1. The fraction of sp³-hybridized carbons (Fsp3) is 0.389. The number of fused-ring (bicyclic) bond motifs is 1. The van der Waals surface area contributed by atoms with Crippen molar-refractivity contribution in [2.75, 3.05) is 18.4 Å². The maximum absolute atomic E-state index is 12.9. The van der Waals surface area contributed by atoms with Crippen LogP contribution in [0.1, 0.15) is 28.4 Å². The van der Waals surface area contributed by atoms with E-state index in [1.54, 1.807) is 37.6 Å². The van der Waals surface area contributed by atoms with Gasteiger partial charge in [0, 0.05) is 44.3 Å². The molecule has 1 aliphatic rings. The van der Waals surface area contributed by atoms with Gasteiger partial charge in [-0.2, -0.15) is 5.10 Å². The number of aryl methyl sites for hydroxylation is 1. The molecule has 1 amide bonds. The van der Waals surface area contributed by atoms with Gasteiger partial charge in [-0.1, -0.05) is 5.16 Å². The number of nitrogens with one attached hydrogen (secondary N) is 1. The van der Waals surface area contributed by atoms with Crippen LogP contribution < -0.4 is 5.32 Å². The first-order valence-electron chi connectivity index (χ1n) is 8.93. The number of anilines is 1. The summed E-state index contributed by atoms with van der Waals surface area (Å²) in [6.07, 6.45) is 6.05. The van der Waals surface area contributed by atoms with E-state index < -0.39 is 0 Å². The van der Waals surface area contributed by atoms with Gasteiger partial charge in [-0.05, 0) is 31.4 Å². The van der Waals surface area contributed by atoms with Crippen molar-refractivity contribution < 1.29 is 9.32 Å². The van der Waals surface area contributed by atoms with E-state index >= 15 is 0 Å². The summed E-state index contributed by atoms with van der Waals surface area (Å²) in [5.74, 6) is 1.36. The lowest BCUT2D eigenvalue weighted by atomic mass is 10.1. The van der Waals surface area contributed by atoms with E-state index in [-0.39, 0.29) is 11.8 Å². The molecule has 9 nitrogen and oxygen atoms in total. The predicted octanol–water partition coefficient (Wildman–Crippen LogP) is 1.74. The van der Waals surface area contributed by atoms with Crippen LogP contribution in [0, 0.1) is 12.8 Å². The highest BCUT2D eigenvalue weighted by Crippen LogP contribution is 2.20. The van der Waals surface area contributed by atoms with E-state index in [2.05, 4.69) is 25.5 Å². The Hall–Kier alpha value is -3.23. The molecule has 1 N–H and O–H groups in total. The molecule has 0 fully saturated rings. The molecule has 0 bridgehead atoms. The number of aromatic nitrogens is 5. The highest BCUT2D eigenvalue weighted by atomic mass is 16.5. The Bertz CT molecular complexity index is 905. The van der Waals surface area contributed by atoms with Gasteiger partial charge < -0.3 is 14.7 Å². The van der Waals surface area contributed by atoms with Gasteiger partial charge in [-0.3, -0.25) is 9.48 Å². The van der Waals surface area contributed by atoms with Gasteiger partial charge in [-0.25, -0.2) is 9.97 Å². The number of hydrogen-bond acceptors (Lipinski definition) is 7. The third-order valence-electron chi connectivity index (χ3n) is 4.60. The van der Waals surface area contributed by atoms with Crippen LogP contribution in [0.25, 0.3) is 0 Å². The summed E-state index contributed by atoms with van der Waals surface area (Å²) >= 11 is 0. The number of nitrogens with zero attached hydrogens (tertiary/aromatic N) is 6. The monoisotopic (exact) mass is 367 g/mol. The zero-order chi connectivity index (χ0) is 18.6. The maximum atomic E-state index is 12.9. The molecule has 1 atom stereocenters. The molecule has 4 rings (SSSR count). The zero-order valence-corrected chi connectivity index (χ0v) is 15.1. The first-order valence-corrected chi connectivity index (χ1v) is 8.93. The van der Waals surface area contributed by atoms with E-state index in [0.29, 0.717) is 30.5 Å². The SMILES string of the molecule is Cc1cc(C(=O)N2Cc3ccnn3C[C@H](CCNc3ncccn3)C2)no1. The van der Waals surface area contributed by atoms with E-state index in [1.165, 1.54) is 0 Å². The minimum atomic E-state index is -0.120. The Morgan fingerprint density at radius 3 is 2.93 bits per heavy atom. The number of amides is 1. The third kappa shape index (κ3) is 3.97. The fourth-order valence-electron chi connectivity index (χ4n) is 3.28. The number of carbonyl (C=O) groups excluding carboxylic acids is 1. The summed E-state index contributed by atoms with van der Waals surface area (Å²) < 4.78 is 7.04. The second-order valence-corrected chi connectivity index (χ2v) is 6.67. The number of carbonyl (C=O) groups is 1. The Morgan fingerprint density at radius 1 is 1.30 bits per heavy atom. The topological polar surface area (TPSA) is 102 Å². The second kappa shape index (κ2) is 7.56. The molecule has 0 radical (unpaired) electrons. The minimum Gasteiger partial charge on any atom is -0.361 e. The molecule has 0 saturated carbocycles. The average Bonchev–Trinajstić information content (AvgIpc) is 3.26. The van der Waals surface area contributed by atoms with Crippen LogP contribution in [0.5, 0.6) is 0 Å². The van der Waals surface area contributed by atoms with Crippen molar-refractivity contribution in [3.8, 4) is 0 Å². The van der Waals surface area contributed by atoms with Crippen LogP contribution in [-0.2, 0) is 13.1 Å². The van der Waals surface area contributed by atoms with Crippen molar-refractivity contribution in [3.05, 3.63) is 53.9 Å². The van der Waals surface area contributed by atoms with Crippen LogP contribution in [0.2, 0.25) is 0 Å². The molecule has 0 saturated heterocycles. The average molecular weight is 367 g/mol. The van der Waals surface area contributed by atoms with E-state index in [0.717, 1.165) is 25.2 Å². The van der Waals surface area contributed by atoms with Crippen LogP contribution in [-0.4, -0.2) is 48.8 Å². The van der Waals surface area contributed by atoms with E-state index in [4.69, 9.17) is 4.52 Å². The molecule has 27 heavy (non-hydrogen) atoms. The van der Waals surface area contributed by atoms with Gasteiger partial charge in [0.05, 0.1) is 12.2 Å². The molecule has 0 aromatic carbocycles. The summed E-state index contributed by atoms with van der Waals surface area (Å²) in [5.41, 5.74) is 1.36. The van der Waals surface area contributed by atoms with Gasteiger partial charge in [0.2, 0.25) is 5.95 Å². The van der Waals surface area contributed by atoms with Crippen LogP contribution in [0.15, 0.2) is 41.3 Å². The molecule has 4 heterocycles. The molecule has 3 aromatic heterocycles. The quantitative estimate of drug-likeness (QED) is 0.733. The zero-order valence-electron chi connectivity index (χ0n) is 15.1. The summed E-state index contributed by atoms with van der Waals surface area (Å²) in [7, 11) is 0. The van der Waals surface area contributed by atoms with Crippen molar-refractivity contribution in [2.24, 2.45) is 5.92 Å². The third-order valence-corrected chi connectivity index (χ3v) is 4.60. The van der Waals surface area contributed by atoms with E-state index in [9.17, 15) is 4.79 Å². The molecule has 0 unspecified atom stereocenters. The Morgan fingerprint density at radius 2 is 2.15 bits per heavy atom. The lowest BCUT2D eigenvalue weighted by molar-refractivity contribution is 0.0708. The summed E-state index contributed by atoms with van der Waals surface area (Å²) in [6.45, 7) is 4.40. The van der Waals surface area contributed by atoms with Crippen molar-refractivity contribution >= 4 is 11.9 Å². The first-order chi connectivity index (χ1) is 13.2. The second-order valence-electron chi connectivity index (χ2n) is 6.67. The van der Waals surface area contributed by atoms with Crippen LogP contribution in [0.4, 0.5) is 5.95 Å². The first kappa shape index (κ1) is 17.2. The molecule has 3 aromatic rings. The summed E-state index contributed by atoms with van der Waals surface area (Å²) in [5, 5.41) is 11.5. The smallest absolute Gasteiger partial charge is 0.276 e. The lowest BCUT2D eigenvalue weighted by Crippen LogP contribution is -2.34. The van der Waals surface area contributed by atoms with Gasteiger partial charge >= 0.3 is 0 Å². The van der Waals surface area contributed by atoms with Crippen molar-refractivity contribution in [1.82, 2.24) is 29.8 Å². The van der Waals surface area contributed by atoms with Gasteiger partial charge in [0.1, 0.15) is 5.76 Å². The molecule has 0 spiro atoms. The van der Waals surface area contributed by atoms with Gasteiger partial charge in [0.15, 0.2) is 5.69 Å². The molecule has 1 aliphatic heterocycles. The molecule has 9 heteroatoms. The highest BCUT2D eigenvalue weighted by molar-refractivity contribution is 5.92. The van der Waals surface area contributed by atoms with Crippen LogP contribution >= 0.6 is 0 Å². The van der Waals surface area contributed by atoms with E-state index in [1.807, 2.05) is 15.6 Å². The lowest BCUT2D eigenvalue weighted by Gasteiger charge is -2.23. The maximum Gasteiger partial charge on any atom is 0.276 e. The van der Waals surface area contributed by atoms with Gasteiger partial charge in [-0.15, -0.1) is 0 Å². The molecule has 140 valence electrons.